The Kier molecular flexibility index (Phi) is 4.50. The van der Waals surface area contributed by atoms with Gasteiger partial charge in [-0.3, -0.25) is 0 Å². The third-order valence-corrected chi connectivity index (χ3v) is 3.75. The molecule has 2 aromatic heterocycles. The van der Waals surface area contributed by atoms with Crippen molar-refractivity contribution in [3.63, 3.8) is 0 Å². The van der Waals surface area contributed by atoms with Crippen LogP contribution in [0.15, 0.2) is 30.3 Å². The first-order chi connectivity index (χ1) is 12.6. The predicted octanol–water partition coefficient (Wildman–Crippen LogP) is 4.22. The van der Waals surface area contributed by atoms with Gasteiger partial charge in [-0.1, -0.05) is 6.07 Å². The maximum absolute atomic E-state index is 13.7. The molecule has 1 N–H and O–H groups in total. The molecule has 1 aromatic carbocycles. The third kappa shape index (κ3) is 3.42. The number of hydrogen-bond acceptors (Lipinski definition) is 3. The maximum Gasteiger partial charge on any atom is 0.436 e. The Bertz CT molecular complexity index is 1020. The van der Waals surface area contributed by atoms with Gasteiger partial charge in [-0.05, 0) is 30.7 Å². The number of fused-ring (bicyclic) bond motifs is 1. The number of aryl methyl sites for hydroxylation is 1. The summed E-state index contributed by atoms with van der Waals surface area (Å²) in [5, 5.41) is 12.5. The highest BCUT2D eigenvalue weighted by Crippen LogP contribution is 2.35. The second-order valence-electron chi connectivity index (χ2n) is 5.68. The quantitative estimate of drug-likeness (QED) is 0.682. The van der Waals surface area contributed by atoms with Gasteiger partial charge >= 0.3 is 12.1 Å². The zero-order chi connectivity index (χ0) is 19.9. The Hall–Kier alpha value is -3.17. The summed E-state index contributed by atoms with van der Waals surface area (Å²) >= 11 is 0. The molecule has 27 heavy (non-hydrogen) atoms. The number of nitrogens with zero attached hydrogens (tertiary/aromatic N) is 2. The molecule has 0 aliphatic heterocycles. The molecule has 0 saturated carbocycles. The minimum atomic E-state index is -5.01. The van der Waals surface area contributed by atoms with Crippen molar-refractivity contribution in [2.45, 2.75) is 19.7 Å². The van der Waals surface area contributed by atoms with Crippen molar-refractivity contribution in [1.29, 1.82) is 0 Å². The number of aromatic nitrogens is 2. The number of carbonyl (C=O) groups is 1. The van der Waals surface area contributed by atoms with E-state index in [1.807, 2.05) is 0 Å². The molecule has 10 heteroatoms. The predicted molar refractivity (Wildman–Crippen MR) is 82.6 cm³/mol. The van der Waals surface area contributed by atoms with Gasteiger partial charge in [0.25, 0.3) is 0 Å². The van der Waals surface area contributed by atoms with Crippen molar-refractivity contribution in [1.82, 2.24) is 9.61 Å². The van der Waals surface area contributed by atoms with Crippen LogP contribution in [0.3, 0.4) is 0 Å². The SMILES string of the molecule is Cc1cc(OCc2c(F)cccc2F)n2nc(C(F)(F)F)c(C(=O)O)c2c1. The van der Waals surface area contributed by atoms with Crippen molar-refractivity contribution < 1.29 is 36.6 Å². The largest absolute Gasteiger partial charge is 0.478 e. The number of pyridine rings is 1. The maximum atomic E-state index is 13.7. The molecule has 0 radical (unpaired) electrons. The van der Waals surface area contributed by atoms with Crippen LogP contribution in [-0.2, 0) is 12.8 Å². The first kappa shape index (κ1) is 18.6. The molecule has 0 aliphatic rings. The lowest BCUT2D eigenvalue weighted by Gasteiger charge is -2.10. The summed E-state index contributed by atoms with van der Waals surface area (Å²) in [7, 11) is 0. The fraction of sp³-hybridized carbons (Fsp3) is 0.176. The number of halogens is 5. The van der Waals surface area contributed by atoms with Gasteiger partial charge in [0.05, 0.1) is 11.1 Å². The van der Waals surface area contributed by atoms with E-state index < -0.39 is 47.2 Å². The van der Waals surface area contributed by atoms with Crippen LogP contribution in [0.4, 0.5) is 22.0 Å². The first-order valence-electron chi connectivity index (χ1n) is 7.49. The Balaban J connectivity index is 2.12. The highest BCUT2D eigenvalue weighted by atomic mass is 19.4. The molecule has 5 nitrogen and oxygen atoms in total. The van der Waals surface area contributed by atoms with Gasteiger partial charge in [-0.25, -0.2) is 13.6 Å². The number of carboxylic acids is 1. The molecule has 0 aliphatic carbocycles. The van der Waals surface area contributed by atoms with E-state index in [1.165, 1.54) is 19.1 Å². The second kappa shape index (κ2) is 6.53. The molecule has 3 aromatic rings. The van der Waals surface area contributed by atoms with Gasteiger partial charge in [0.2, 0.25) is 5.88 Å². The molecule has 0 unspecified atom stereocenters. The summed E-state index contributed by atoms with van der Waals surface area (Å²) in [4.78, 5) is 11.3. The van der Waals surface area contributed by atoms with Gasteiger partial charge in [-0.2, -0.15) is 22.8 Å². The van der Waals surface area contributed by atoms with Crippen molar-refractivity contribution in [2.75, 3.05) is 0 Å². The Morgan fingerprint density at radius 1 is 1.22 bits per heavy atom. The van der Waals surface area contributed by atoms with E-state index in [1.54, 1.807) is 0 Å². The lowest BCUT2D eigenvalue weighted by molar-refractivity contribution is -0.141. The van der Waals surface area contributed by atoms with Crippen molar-refractivity contribution >= 4 is 11.5 Å². The zero-order valence-electron chi connectivity index (χ0n) is 13.6. The van der Waals surface area contributed by atoms with E-state index in [2.05, 4.69) is 5.10 Å². The molecule has 0 spiro atoms. The first-order valence-corrected chi connectivity index (χ1v) is 7.49. The van der Waals surface area contributed by atoms with Crippen LogP contribution in [0, 0.1) is 18.6 Å². The summed E-state index contributed by atoms with van der Waals surface area (Å²) < 4.78 is 72.8. The molecule has 0 amide bonds. The monoisotopic (exact) mass is 386 g/mol. The molecular weight excluding hydrogens is 375 g/mol. The summed E-state index contributed by atoms with van der Waals surface area (Å²) in [5.74, 6) is -3.87. The van der Waals surface area contributed by atoms with Gasteiger partial charge in [0.15, 0.2) is 5.69 Å². The standard InChI is InChI=1S/C17H11F5N2O3/c1-8-5-12-14(16(25)26)15(17(20,21)22)23-24(12)13(6-8)27-7-9-10(18)3-2-4-11(9)19/h2-6H,7H2,1H3,(H,25,26). The minimum absolute atomic E-state index is 0.286. The van der Waals surface area contributed by atoms with E-state index in [9.17, 15) is 31.9 Å². The molecule has 3 rings (SSSR count). The summed E-state index contributed by atoms with van der Waals surface area (Å²) in [6.07, 6.45) is -5.01. The second-order valence-corrected chi connectivity index (χ2v) is 5.68. The lowest BCUT2D eigenvalue weighted by Crippen LogP contribution is -2.12. The molecule has 0 atom stereocenters. The van der Waals surface area contributed by atoms with Crippen LogP contribution in [-0.4, -0.2) is 20.7 Å². The average molecular weight is 386 g/mol. The fourth-order valence-electron chi connectivity index (χ4n) is 2.57. The van der Waals surface area contributed by atoms with Crippen LogP contribution in [0.5, 0.6) is 5.88 Å². The van der Waals surface area contributed by atoms with Crippen LogP contribution in [0.25, 0.3) is 5.52 Å². The number of benzene rings is 1. The van der Waals surface area contributed by atoms with Crippen LogP contribution in [0.2, 0.25) is 0 Å². The topological polar surface area (TPSA) is 63.8 Å². The summed E-state index contributed by atoms with van der Waals surface area (Å²) in [6.45, 7) is 0.878. The number of hydrogen-bond donors (Lipinski definition) is 1. The van der Waals surface area contributed by atoms with Crippen LogP contribution >= 0.6 is 0 Å². The van der Waals surface area contributed by atoms with Crippen molar-refractivity contribution in [3.8, 4) is 5.88 Å². The van der Waals surface area contributed by atoms with Gasteiger partial charge in [0.1, 0.15) is 23.8 Å². The summed E-state index contributed by atoms with van der Waals surface area (Å²) in [5.41, 5.74) is -3.02. The molecule has 0 bridgehead atoms. The van der Waals surface area contributed by atoms with Gasteiger partial charge in [-0.15, -0.1) is 0 Å². The minimum Gasteiger partial charge on any atom is -0.478 e. The highest BCUT2D eigenvalue weighted by molar-refractivity contribution is 5.97. The van der Waals surface area contributed by atoms with Crippen LogP contribution < -0.4 is 4.74 Å². The Morgan fingerprint density at radius 3 is 2.41 bits per heavy atom. The van der Waals surface area contributed by atoms with E-state index in [0.717, 1.165) is 18.2 Å². The number of rotatable bonds is 4. The van der Waals surface area contributed by atoms with Gasteiger partial charge in [0, 0.05) is 6.07 Å². The lowest BCUT2D eigenvalue weighted by atomic mass is 10.1. The van der Waals surface area contributed by atoms with E-state index >= 15 is 0 Å². The summed E-state index contributed by atoms with van der Waals surface area (Å²) in [6, 6.07) is 5.64. The number of ether oxygens (including phenoxy) is 1. The smallest absolute Gasteiger partial charge is 0.436 e. The highest BCUT2D eigenvalue weighted by Gasteiger charge is 2.40. The van der Waals surface area contributed by atoms with E-state index in [-0.39, 0.29) is 11.4 Å². The fourth-order valence-corrected chi connectivity index (χ4v) is 2.57. The number of aromatic carboxylic acids is 1. The molecule has 2 heterocycles. The van der Waals surface area contributed by atoms with Crippen molar-refractivity contribution in [2.24, 2.45) is 0 Å². The van der Waals surface area contributed by atoms with E-state index in [4.69, 9.17) is 4.74 Å². The third-order valence-electron chi connectivity index (χ3n) is 3.75. The average Bonchev–Trinajstić information content (AvgIpc) is 2.94. The van der Waals surface area contributed by atoms with Gasteiger partial charge < -0.3 is 9.84 Å². The van der Waals surface area contributed by atoms with Crippen LogP contribution in [0.1, 0.15) is 27.2 Å². The number of alkyl halides is 3. The normalized spacial score (nSPS) is 11.8. The molecule has 0 saturated heterocycles. The van der Waals surface area contributed by atoms with E-state index in [0.29, 0.717) is 10.1 Å². The Morgan fingerprint density at radius 2 is 1.85 bits per heavy atom. The molecular formula is C17H11F5N2O3. The van der Waals surface area contributed by atoms with Crippen molar-refractivity contribution in [3.05, 3.63) is 64.4 Å². The molecule has 142 valence electrons. The Labute approximate surface area is 148 Å². The number of carboxylic acid groups (broad SMARTS) is 1. The molecule has 0 fully saturated rings. The zero-order valence-corrected chi connectivity index (χ0v) is 13.6.